The molecular formula is C32H27ClN6O2S. The molecule has 210 valence electrons. The van der Waals surface area contributed by atoms with E-state index in [2.05, 4.69) is 21.2 Å². The predicted molar refractivity (Wildman–Crippen MR) is 167 cm³/mol. The van der Waals surface area contributed by atoms with Crippen molar-refractivity contribution in [2.24, 2.45) is 0 Å². The van der Waals surface area contributed by atoms with E-state index in [-0.39, 0.29) is 11.8 Å². The molecule has 0 saturated carbocycles. The highest BCUT2D eigenvalue weighted by Crippen LogP contribution is 2.45. The van der Waals surface area contributed by atoms with Crippen LogP contribution in [-0.2, 0) is 17.6 Å². The van der Waals surface area contributed by atoms with E-state index >= 15 is 0 Å². The summed E-state index contributed by atoms with van der Waals surface area (Å²) in [5, 5.41) is 8.66. The van der Waals surface area contributed by atoms with Crippen molar-refractivity contribution in [2.45, 2.75) is 19.8 Å². The van der Waals surface area contributed by atoms with Gasteiger partial charge in [0.25, 0.3) is 5.91 Å². The molecule has 5 aromatic rings. The van der Waals surface area contributed by atoms with E-state index in [9.17, 15) is 9.59 Å². The molecule has 8 nitrogen and oxygen atoms in total. The second-order valence-corrected chi connectivity index (χ2v) is 11.0. The Morgan fingerprint density at radius 3 is 2.40 bits per heavy atom. The van der Waals surface area contributed by atoms with Gasteiger partial charge in [0.2, 0.25) is 5.91 Å². The van der Waals surface area contributed by atoms with Gasteiger partial charge in [-0.1, -0.05) is 59.3 Å². The van der Waals surface area contributed by atoms with Crippen LogP contribution in [0.4, 0.5) is 5.13 Å². The van der Waals surface area contributed by atoms with Gasteiger partial charge in [-0.15, -0.1) is 6.42 Å². The Labute approximate surface area is 253 Å². The van der Waals surface area contributed by atoms with Crippen LogP contribution in [0.5, 0.6) is 0 Å². The number of benzene rings is 2. The van der Waals surface area contributed by atoms with Gasteiger partial charge in [-0.2, -0.15) is 5.10 Å². The molecule has 1 aliphatic rings. The molecule has 1 N–H and O–H groups in total. The minimum Gasteiger partial charge on any atom is -0.345 e. The van der Waals surface area contributed by atoms with Gasteiger partial charge in [-0.25, -0.2) is 14.6 Å². The molecule has 6 rings (SSSR count). The van der Waals surface area contributed by atoms with Crippen LogP contribution in [0.1, 0.15) is 34.2 Å². The number of fused-ring (bicyclic) bond motifs is 3. The fourth-order valence-corrected chi connectivity index (χ4v) is 6.01. The van der Waals surface area contributed by atoms with Crippen LogP contribution < -0.4 is 5.32 Å². The molecule has 0 fully saturated rings. The van der Waals surface area contributed by atoms with Gasteiger partial charge in [0.15, 0.2) is 5.13 Å². The van der Waals surface area contributed by atoms with E-state index < -0.39 is 0 Å². The van der Waals surface area contributed by atoms with Gasteiger partial charge in [0.1, 0.15) is 5.69 Å². The Bertz CT molecular complexity index is 1790. The van der Waals surface area contributed by atoms with Crippen LogP contribution in [0, 0.1) is 12.3 Å². The molecule has 42 heavy (non-hydrogen) atoms. The maximum Gasteiger partial charge on any atom is 0.253 e. The summed E-state index contributed by atoms with van der Waals surface area (Å²) in [5.41, 5.74) is 5.76. The maximum atomic E-state index is 12.5. The van der Waals surface area contributed by atoms with E-state index in [1.54, 1.807) is 43.2 Å². The molecule has 0 atom stereocenters. The third-order valence-corrected chi connectivity index (χ3v) is 7.81. The van der Waals surface area contributed by atoms with Gasteiger partial charge in [0, 0.05) is 43.9 Å². The van der Waals surface area contributed by atoms with Crippen molar-refractivity contribution in [1.82, 2.24) is 24.6 Å². The van der Waals surface area contributed by atoms with Gasteiger partial charge in [-0.05, 0) is 49.1 Å². The van der Waals surface area contributed by atoms with E-state index in [1.807, 2.05) is 48.5 Å². The molecule has 0 unspecified atom stereocenters. The first kappa shape index (κ1) is 28.7. The highest BCUT2D eigenvalue weighted by molar-refractivity contribution is 7.19. The Morgan fingerprint density at radius 2 is 1.79 bits per heavy atom. The van der Waals surface area contributed by atoms with Crippen molar-refractivity contribution >= 4 is 39.9 Å². The first-order chi connectivity index (χ1) is 20.3. The number of nitrogens with one attached hydrogen (secondary N) is 1. The van der Waals surface area contributed by atoms with Crippen LogP contribution in [0.3, 0.4) is 0 Å². The van der Waals surface area contributed by atoms with E-state index in [0.717, 1.165) is 33.1 Å². The summed E-state index contributed by atoms with van der Waals surface area (Å²) < 4.78 is 1.78. The summed E-state index contributed by atoms with van der Waals surface area (Å²) in [4.78, 5) is 35.5. The van der Waals surface area contributed by atoms with Gasteiger partial charge in [0.05, 0.1) is 32.7 Å². The summed E-state index contributed by atoms with van der Waals surface area (Å²) in [7, 11) is 3.38. The van der Waals surface area contributed by atoms with Crippen LogP contribution in [0.15, 0.2) is 72.9 Å². The smallest absolute Gasteiger partial charge is 0.253 e. The molecule has 2 aromatic carbocycles. The van der Waals surface area contributed by atoms with Crippen LogP contribution >= 0.6 is 22.9 Å². The number of halogens is 1. The zero-order valence-electron chi connectivity index (χ0n) is 23.3. The Balaban J connectivity index is 0.000000524. The molecule has 2 amide bonds. The molecule has 0 spiro atoms. The standard InChI is InChI=1S/C26H21ClN6O2S.C6H6/c1-5-19-16(7-6-12-28-19)22-17-9-10-20-24(36-26(30-20)29-14(2)34)23(17)33(31-22)21-11-8-15(13-18(21)27)25(35)32(3)4;1-2-4-6-5-3-1/h1,6-8,11-13H,9-10H2,2-4H3,(H,29,30,34);1-6H. The Hall–Kier alpha value is -4.78. The molecule has 10 heteroatoms. The van der Waals surface area contributed by atoms with E-state index in [0.29, 0.717) is 39.9 Å². The first-order valence-corrected chi connectivity index (χ1v) is 14.3. The minimum atomic E-state index is -0.186. The van der Waals surface area contributed by atoms with E-state index in [4.69, 9.17) is 23.1 Å². The number of thiazole rings is 1. The molecule has 1 aliphatic carbocycles. The van der Waals surface area contributed by atoms with E-state index in [1.165, 1.54) is 23.2 Å². The SMILES string of the molecule is C#Cc1ncccc1-c1nn(-c2ccc(C(=O)N(C)C)cc2Cl)c2c1CCc1nc(NC(C)=O)sc1-2.c1ccccc1. The van der Waals surface area contributed by atoms with Gasteiger partial charge < -0.3 is 10.2 Å². The van der Waals surface area contributed by atoms with Crippen LogP contribution in [-0.4, -0.2) is 50.6 Å². The third-order valence-electron chi connectivity index (χ3n) is 6.49. The monoisotopic (exact) mass is 594 g/mol. The van der Waals surface area contributed by atoms with Crippen molar-refractivity contribution in [3.8, 4) is 39.9 Å². The number of carbonyl (C=O) groups is 2. The summed E-state index contributed by atoms with van der Waals surface area (Å²) in [6.07, 6.45) is 8.77. The number of hydrogen-bond donors (Lipinski definition) is 1. The zero-order valence-corrected chi connectivity index (χ0v) is 24.8. The second kappa shape index (κ2) is 12.4. The molecular weight excluding hydrogens is 568 g/mol. The second-order valence-electron chi connectivity index (χ2n) is 9.63. The molecule has 0 saturated heterocycles. The first-order valence-electron chi connectivity index (χ1n) is 13.1. The minimum absolute atomic E-state index is 0.148. The maximum absolute atomic E-state index is 12.5. The molecule has 3 aromatic heterocycles. The highest BCUT2D eigenvalue weighted by Gasteiger charge is 2.31. The normalized spacial score (nSPS) is 11.3. The fraction of sp³-hybridized carbons (Fsp3) is 0.156. The number of anilines is 1. The molecule has 0 aliphatic heterocycles. The number of terminal acetylenes is 1. The van der Waals surface area contributed by atoms with Crippen molar-refractivity contribution in [1.29, 1.82) is 0 Å². The lowest BCUT2D eigenvalue weighted by molar-refractivity contribution is -0.114. The van der Waals surface area contributed by atoms with Gasteiger partial charge in [-0.3, -0.25) is 9.59 Å². The molecule has 0 radical (unpaired) electrons. The molecule has 0 bridgehead atoms. The Kier molecular flexibility index (Phi) is 8.48. The number of amides is 2. The van der Waals surface area contributed by atoms with Crippen molar-refractivity contribution in [2.75, 3.05) is 19.4 Å². The zero-order chi connectivity index (χ0) is 29.8. The quantitative estimate of drug-likeness (QED) is 0.252. The average molecular weight is 595 g/mol. The van der Waals surface area contributed by atoms with Crippen molar-refractivity contribution in [3.63, 3.8) is 0 Å². The number of hydrogen-bond acceptors (Lipinski definition) is 6. The summed E-state index contributed by atoms with van der Waals surface area (Å²) >= 11 is 8.11. The lowest BCUT2D eigenvalue weighted by Gasteiger charge is -2.16. The lowest BCUT2D eigenvalue weighted by atomic mass is 9.94. The van der Waals surface area contributed by atoms with Crippen LogP contribution in [0.2, 0.25) is 5.02 Å². The van der Waals surface area contributed by atoms with Gasteiger partial charge >= 0.3 is 0 Å². The number of carbonyl (C=O) groups excluding carboxylic acids is 2. The summed E-state index contributed by atoms with van der Waals surface area (Å²) in [6.45, 7) is 1.45. The summed E-state index contributed by atoms with van der Waals surface area (Å²) in [6, 6.07) is 20.9. The number of aryl methyl sites for hydroxylation is 1. The van der Waals surface area contributed by atoms with Crippen LogP contribution in [0.25, 0.3) is 27.5 Å². The third kappa shape index (κ3) is 5.81. The lowest BCUT2D eigenvalue weighted by Crippen LogP contribution is -2.21. The Morgan fingerprint density at radius 1 is 1.07 bits per heavy atom. The largest absolute Gasteiger partial charge is 0.345 e. The van der Waals surface area contributed by atoms with Crippen molar-refractivity contribution in [3.05, 3.63) is 100 Å². The topological polar surface area (TPSA) is 93.0 Å². The summed E-state index contributed by atoms with van der Waals surface area (Å²) in [5.74, 6) is 2.32. The highest BCUT2D eigenvalue weighted by atomic mass is 35.5. The predicted octanol–water partition coefficient (Wildman–Crippen LogP) is 6.14. The molecule has 3 heterocycles. The fourth-order valence-electron chi connectivity index (χ4n) is 4.63. The van der Waals surface area contributed by atoms with Crippen molar-refractivity contribution < 1.29 is 9.59 Å². The number of rotatable bonds is 4. The average Bonchev–Trinajstić information content (AvgIpc) is 3.58. The number of pyridine rings is 1. The number of nitrogens with zero attached hydrogens (tertiary/aromatic N) is 5. The number of aromatic nitrogens is 4.